The van der Waals surface area contributed by atoms with E-state index in [0.717, 1.165) is 25.7 Å². The highest BCUT2D eigenvalue weighted by Crippen LogP contribution is 2.71. The summed E-state index contributed by atoms with van der Waals surface area (Å²) in [6.07, 6.45) is 9.52. The van der Waals surface area contributed by atoms with Gasteiger partial charge in [-0.05, 0) is 74.5 Å². The average Bonchev–Trinajstić information content (AvgIpc) is 3.01. The lowest BCUT2D eigenvalue weighted by molar-refractivity contribution is -0.250. The topological polar surface area (TPSA) is 114 Å². The second kappa shape index (κ2) is 8.17. The number of fused-ring (bicyclic) bond motifs is 5. The Morgan fingerprint density at radius 1 is 0.939 bits per heavy atom. The Kier molecular flexibility index (Phi) is 6.04. The third-order valence-electron chi connectivity index (χ3n) is 10.5. The van der Waals surface area contributed by atoms with Gasteiger partial charge in [-0.3, -0.25) is 15.0 Å². The monoisotopic (exact) mass is 461 g/mol. The Balaban J connectivity index is 1.75. The maximum Gasteiger partial charge on any atom is 0.309 e. The summed E-state index contributed by atoms with van der Waals surface area (Å²) in [5.41, 5.74) is -2.75. The smallest absolute Gasteiger partial charge is 0.309 e. The first kappa shape index (κ1) is 24.4. The number of aliphatic hydroxyl groups is 1. The van der Waals surface area contributed by atoms with Gasteiger partial charge in [0.1, 0.15) is 17.8 Å². The number of esters is 2. The van der Waals surface area contributed by atoms with Crippen LogP contribution in [0.1, 0.15) is 91.9 Å². The van der Waals surface area contributed by atoms with Crippen molar-refractivity contribution in [1.29, 1.82) is 5.41 Å². The van der Waals surface area contributed by atoms with Gasteiger partial charge in [0.15, 0.2) is 0 Å². The van der Waals surface area contributed by atoms with Crippen molar-refractivity contribution in [2.24, 2.45) is 34.5 Å². The zero-order chi connectivity index (χ0) is 24.2. The average molecular weight is 462 g/mol. The van der Waals surface area contributed by atoms with Gasteiger partial charge in [-0.2, -0.15) is 0 Å². The van der Waals surface area contributed by atoms with Crippen LogP contribution >= 0.6 is 0 Å². The Labute approximate surface area is 196 Å². The van der Waals surface area contributed by atoms with Crippen LogP contribution in [0.4, 0.5) is 0 Å². The summed E-state index contributed by atoms with van der Waals surface area (Å²) in [6, 6.07) is 0. The van der Waals surface area contributed by atoms with Crippen molar-refractivity contribution in [3.05, 3.63) is 0 Å². The van der Waals surface area contributed by atoms with Crippen molar-refractivity contribution in [3.8, 4) is 0 Å². The van der Waals surface area contributed by atoms with Crippen molar-refractivity contribution in [2.45, 2.75) is 103 Å². The van der Waals surface area contributed by atoms with E-state index in [4.69, 9.17) is 14.9 Å². The second-order valence-corrected chi connectivity index (χ2v) is 11.6. The van der Waals surface area contributed by atoms with Crippen LogP contribution in [0.2, 0.25) is 0 Å². The molecular weight excluding hydrogens is 422 g/mol. The molecule has 0 aromatic heterocycles. The Morgan fingerprint density at radius 2 is 1.67 bits per heavy atom. The Hall–Kier alpha value is -1.76. The molecule has 0 spiro atoms. The van der Waals surface area contributed by atoms with Crippen LogP contribution in [0.15, 0.2) is 0 Å². The van der Waals surface area contributed by atoms with Crippen molar-refractivity contribution < 1.29 is 29.0 Å². The number of carbonyl (C=O) groups excluding carboxylic acids is 3. The van der Waals surface area contributed by atoms with E-state index in [1.165, 1.54) is 26.7 Å². The lowest BCUT2D eigenvalue weighted by atomic mass is 9.42. The summed E-state index contributed by atoms with van der Waals surface area (Å²) in [7, 11) is 0. The largest absolute Gasteiger partial charge is 0.457 e. The first-order valence-corrected chi connectivity index (χ1v) is 12.6. The highest BCUT2D eigenvalue weighted by atomic mass is 16.6. The molecule has 0 aliphatic heterocycles. The summed E-state index contributed by atoms with van der Waals surface area (Å²) < 4.78 is 11.0. The van der Waals surface area contributed by atoms with Crippen LogP contribution < -0.4 is 0 Å². The molecule has 8 atom stereocenters. The standard InChI is InChI=1S/C26H39NO6/c1-16(29)32-22(27)21(15-28)26(33-17(2)30)12-10-19-20-9-8-18-7-5-6-11-23(18,3)25(20,31)14-13-24(19,26)4/h15,18-21,27,31H,5-14H2,1-4H3/t18?,19-,20-,21?,23-,24-,25+,26-/m0/s1. The van der Waals surface area contributed by atoms with Gasteiger partial charge in [-0.15, -0.1) is 0 Å². The predicted octanol–water partition coefficient (Wildman–Crippen LogP) is 4.19. The van der Waals surface area contributed by atoms with E-state index in [9.17, 15) is 19.5 Å². The van der Waals surface area contributed by atoms with Crippen LogP contribution in [0.5, 0.6) is 0 Å². The molecule has 4 aliphatic carbocycles. The van der Waals surface area contributed by atoms with E-state index in [0.29, 0.717) is 37.9 Å². The molecule has 0 aromatic carbocycles. The summed E-state index contributed by atoms with van der Waals surface area (Å²) in [5, 5.41) is 20.7. The summed E-state index contributed by atoms with van der Waals surface area (Å²) >= 11 is 0. The zero-order valence-corrected chi connectivity index (χ0v) is 20.4. The molecule has 0 amide bonds. The van der Waals surface area contributed by atoms with Gasteiger partial charge in [-0.25, -0.2) is 0 Å². The van der Waals surface area contributed by atoms with Gasteiger partial charge in [0.05, 0.1) is 5.60 Å². The lowest BCUT2D eigenvalue weighted by Crippen LogP contribution is -2.67. The number of nitrogens with one attached hydrogen (secondary N) is 1. The Morgan fingerprint density at radius 3 is 2.30 bits per heavy atom. The predicted molar refractivity (Wildman–Crippen MR) is 121 cm³/mol. The molecule has 0 bridgehead atoms. The fourth-order valence-corrected chi connectivity index (χ4v) is 8.87. The van der Waals surface area contributed by atoms with Gasteiger partial charge in [0, 0.05) is 19.3 Å². The number of aldehydes is 1. The van der Waals surface area contributed by atoms with Crippen molar-refractivity contribution >= 4 is 24.1 Å². The highest BCUT2D eigenvalue weighted by molar-refractivity contribution is 5.97. The molecule has 184 valence electrons. The molecule has 0 radical (unpaired) electrons. The van der Waals surface area contributed by atoms with Crippen LogP contribution in [0.25, 0.3) is 0 Å². The van der Waals surface area contributed by atoms with Gasteiger partial charge in [0.25, 0.3) is 0 Å². The SMILES string of the molecule is CC(=O)OC(=N)C(C=O)[C@@]1(OC(C)=O)CC[C@H]2[C@@H]3CCC4CCCC[C@]4(C)[C@@]3(O)CC[C@@]21C. The molecular formula is C26H39NO6. The molecule has 0 heterocycles. The maximum atomic E-state index is 12.3. The van der Waals surface area contributed by atoms with Gasteiger partial charge in [0.2, 0.25) is 5.90 Å². The van der Waals surface area contributed by atoms with Gasteiger partial charge < -0.3 is 19.4 Å². The minimum Gasteiger partial charge on any atom is -0.457 e. The molecule has 4 aliphatic rings. The number of rotatable bonds is 4. The minimum atomic E-state index is -1.26. The first-order valence-electron chi connectivity index (χ1n) is 12.6. The second-order valence-electron chi connectivity index (χ2n) is 11.6. The molecule has 2 N–H and O–H groups in total. The normalized spacial score (nSPS) is 45.1. The quantitative estimate of drug-likeness (QED) is 0.281. The van der Waals surface area contributed by atoms with Crippen LogP contribution in [0, 0.1) is 39.9 Å². The molecule has 7 nitrogen and oxygen atoms in total. The molecule has 4 rings (SSSR count). The summed E-state index contributed by atoms with van der Waals surface area (Å²) in [6.45, 7) is 6.85. The molecule has 33 heavy (non-hydrogen) atoms. The highest BCUT2D eigenvalue weighted by Gasteiger charge is 2.72. The third kappa shape index (κ3) is 3.32. The van der Waals surface area contributed by atoms with E-state index in [1.54, 1.807) is 0 Å². The summed E-state index contributed by atoms with van der Waals surface area (Å²) in [5.74, 6) is -2.16. The molecule has 0 aromatic rings. The Bertz CT molecular complexity index is 858. The first-order chi connectivity index (χ1) is 15.4. The third-order valence-corrected chi connectivity index (χ3v) is 10.5. The van der Waals surface area contributed by atoms with Crippen molar-refractivity contribution in [3.63, 3.8) is 0 Å². The van der Waals surface area contributed by atoms with E-state index >= 15 is 0 Å². The van der Waals surface area contributed by atoms with Crippen LogP contribution in [0.3, 0.4) is 0 Å². The molecule has 0 saturated heterocycles. The van der Waals surface area contributed by atoms with E-state index < -0.39 is 40.4 Å². The van der Waals surface area contributed by atoms with Gasteiger partial charge in [-0.1, -0.05) is 26.7 Å². The molecule has 4 fully saturated rings. The fraction of sp³-hybridized carbons (Fsp3) is 0.846. The summed E-state index contributed by atoms with van der Waals surface area (Å²) in [4.78, 5) is 36.2. The minimum absolute atomic E-state index is 0.0582. The molecule has 7 heteroatoms. The fourth-order valence-electron chi connectivity index (χ4n) is 8.87. The zero-order valence-electron chi connectivity index (χ0n) is 20.4. The molecule has 4 saturated carbocycles. The number of hydrogen-bond donors (Lipinski definition) is 2. The van der Waals surface area contributed by atoms with Gasteiger partial charge >= 0.3 is 11.9 Å². The number of carbonyl (C=O) groups is 3. The van der Waals surface area contributed by atoms with Crippen molar-refractivity contribution in [2.75, 3.05) is 0 Å². The van der Waals surface area contributed by atoms with Crippen LogP contribution in [-0.2, 0) is 23.9 Å². The van der Waals surface area contributed by atoms with E-state index in [2.05, 4.69) is 13.8 Å². The van der Waals surface area contributed by atoms with E-state index in [1.807, 2.05) is 0 Å². The van der Waals surface area contributed by atoms with E-state index in [-0.39, 0.29) is 17.3 Å². The van der Waals surface area contributed by atoms with Crippen molar-refractivity contribution in [1.82, 2.24) is 0 Å². The maximum absolute atomic E-state index is 12.3. The molecule has 2 unspecified atom stereocenters. The number of ether oxygens (including phenoxy) is 2. The number of hydrogen-bond acceptors (Lipinski definition) is 7. The van der Waals surface area contributed by atoms with Crippen LogP contribution in [-0.4, -0.2) is 40.4 Å². The lowest BCUT2D eigenvalue weighted by Gasteiger charge is -2.65.